The zero-order valence-corrected chi connectivity index (χ0v) is 12.1. The lowest BCUT2D eigenvalue weighted by Gasteiger charge is -2.25. The van der Waals surface area contributed by atoms with E-state index in [1.807, 2.05) is 12.4 Å². The van der Waals surface area contributed by atoms with Crippen molar-refractivity contribution in [1.29, 1.82) is 0 Å². The molecule has 0 aliphatic heterocycles. The van der Waals surface area contributed by atoms with Crippen LogP contribution < -0.4 is 5.32 Å². The average Bonchev–Trinajstić information content (AvgIpc) is 2.77. The van der Waals surface area contributed by atoms with E-state index in [-0.39, 0.29) is 6.04 Å². The Bertz CT molecular complexity index is 399. The van der Waals surface area contributed by atoms with Crippen molar-refractivity contribution in [3.05, 3.63) is 12.4 Å². The SMILES string of the molecule is CC(CS(C)=O)n1ccnc1NC1CCCCC1. The van der Waals surface area contributed by atoms with E-state index in [2.05, 4.69) is 21.8 Å². The number of rotatable bonds is 5. The summed E-state index contributed by atoms with van der Waals surface area (Å²) in [6.45, 7) is 2.09. The standard InChI is InChI=1S/C13H23N3OS/c1-11(10-18(2)17)16-9-8-14-13(16)15-12-6-4-3-5-7-12/h8-9,11-12H,3-7,10H2,1-2H3,(H,14,15). The first kappa shape index (κ1) is 13.6. The molecule has 0 spiro atoms. The molecule has 0 amide bonds. The van der Waals surface area contributed by atoms with Gasteiger partial charge in [-0.3, -0.25) is 4.21 Å². The Morgan fingerprint density at radius 2 is 2.22 bits per heavy atom. The molecule has 1 aromatic rings. The Kier molecular flexibility index (Phi) is 4.80. The van der Waals surface area contributed by atoms with E-state index in [1.165, 1.54) is 32.1 Å². The predicted octanol–water partition coefficient (Wildman–Crippen LogP) is 2.57. The van der Waals surface area contributed by atoms with Crippen LogP contribution in [0.4, 0.5) is 5.95 Å². The molecule has 0 aromatic carbocycles. The highest BCUT2D eigenvalue weighted by atomic mass is 32.2. The predicted molar refractivity (Wildman–Crippen MR) is 76.4 cm³/mol. The van der Waals surface area contributed by atoms with Crippen molar-refractivity contribution in [1.82, 2.24) is 9.55 Å². The van der Waals surface area contributed by atoms with Crippen molar-refractivity contribution in [2.45, 2.75) is 51.1 Å². The highest BCUT2D eigenvalue weighted by molar-refractivity contribution is 7.84. The summed E-state index contributed by atoms with van der Waals surface area (Å²) in [5.41, 5.74) is 0. The largest absolute Gasteiger partial charge is 0.353 e. The topological polar surface area (TPSA) is 46.9 Å². The molecule has 1 heterocycles. The Morgan fingerprint density at radius 3 is 2.89 bits per heavy atom. The maximum Gasteiger partial charge on any atom is 0.203 e. The molecular formula is C13H23N3OS. The van der Waals surface area contributed by atoms with E-state index in [0.717, 1.165) is 5.95 Å². The first-order chi connectivity index (χ1) is 8.66. The van der Waals surface area contributed by atoms with Gasteiger partial charge in [-0.1, -0.05) is 19.3 Å². The first-order valence-electron chi connectivity index (χ1n) is 6.76. The summed E-state index contributed by atoms with van der Waals surface area (Å²) in [4.78, 5) is 4.39. The third kappa shape index (κ3) is 3.57. The van der Waals surface area contributed by atoms with Gasteiger partial charge in [0.2, 0.25) is 5.95 Å². The Hall–Kier alpha value is -0.840. The number of anilines is 1. The van der Waals surface area contributed by atoms with E-state index < -0.39 is 10.8 Å². The van der Waals surface area contributed by atoms with Crippen LogP contribution in [0, 0.1) is 0 Å². The maximum absolute atomic E-state index is 11.3. The van der Waals surface area contributed by atoms with Gasteiger partial charge < -0.3 is 9.88 Å². The van der Waals surface area contributed by atoms with Crippen molar-refractivity contribution >= 4 is 16.7 Å². The second kappa shape index (κ2) is 6.36. The highest BCUT2D eigenvalue weighted by Gasteiger charge is 2.17. The lowest BCUT2D eigenvalue weighted by molar-refractivity contribution is 0.457. The summed E-state index contributed by atoms with van der Waals surface area (Å²) in [5.74, 6) is 1.61. The molecule has 0 bridgehead atoms. The molecular weight excluding hydrogens is 246 g/mol. The minimum Gasteiger partial charge on any atom is -0.353 e. The fourth-order valence-electron chi connectivity index (χ4n) is 2.63. The van der Waals surface area contributed by atoms with E-state index >= 15 is 0 Å². The van der Waals surface area contributed by atoms with Crippen molar-refractivity contribution in [3.63, 3.8) is 0 Å². The van der Waals surface area contributed by atoms with E-state index in [4.69, 9.17) is 0 Å². The third-order valence-corrected chi connectivity index (χ3v) is 4.51. The van der Waals surface area contributed by atoms with Gasteiger partial charge in [0.25, 0.3) is 0 Å². The number of imidazole rings is 1. The minimum absolute atomic E-state index is 0.226. The van der Waals surface area contributed by atoms with Crippen LogP contribution in [0.5, 0.6) is 0 Å². The fourth-order valence-corrected chi connectivity index (χ4v) is 3.47. The summed E-state index contributed by atoms with van der Waals surface area (Å²) in [5, 5.41) is 3.54. The summed E-state index contributed by atoms with van der Waals surface area (Å²) >= 11 is 0. The minimum atomic E-state index is -0.772. The first-order valence-corrected chi connectivity index (χ1v) is 8.49. The van der Waals surface area contributed by atoms with Gasteiger partial charge in [0.15, 0.2) is 0 Å². The number of nitrogens with zero attached hydrogens (tertiary/aromatic N) is 2. The lowest BCUT2D eigenvalue weighted by atomic mass is 9.96. The van der Waals surface area contributed by atoms with E-state index in [9.17, 15) is 4.21 Å². The molecule has 1 fully saturated rings. The van der Waals surface area contributed by atoms with Crippen LogP contribution in [0.25, 0.3) is 0 Å². The quantitative estimate of drug-likeness (QED) is 0.893. The fraction of sp³-hybridized carbons (Fsp3) is 0.769. The molecule has 4 nitrogen and oxygen atoms in total. The van der Waals surface area contributed by atoms with Gasteiger partial charge in [-0.2, -0.15) is 0 Å². The van der Waals surface area contributed by atoms with E-state index in [1.54, 1.807) is 6.26 Å². The molecule has 0 saturated heterocycles. The Balaban J connectivity index is 2.00. The second-order valence-electron chi connectivity index (χ2n) is 5.23. The van der Waals surface area contributed by atoms with Crippen molar-refractivity contribution in [2.24, 2.45) is 0 Å². The van der Waals surface area contributed by atoms with Crippen LogP contribution in [-0.2, 0) is 10.8 Å². The summed E-state index contributed by atoms with van der Waals surface area (Å²) < 4.78 is 13.4. The molecule has 2 atom stereocenters. The molecule has 0 radical (unpaired) electrons. The van der Waals surface area contributed by atoms with Crippen LogP contribution in [-0.4, -0.2) is 31.8 Å². The Morgan fingerprint density at radius 1 is 1.50 bits per heavy atom. The van der Waals surface area contributed by atoms with Crippen LogP contribution >= 0.6 is 0 Å². The zero-order chi connectivity index (χ0) is 13.0. The third-order valence-electron chi connectivity index (χ3n) is 3.56. The average molecular weight is 269 g/mol. The molecule has 1 saturated carbocycles. The van der Waals surface area contributed by atoms with Crippen molar-refractivity contribution in [3.8, 4) is 0 Å². The van der Waals surface area contributed by atoms with E-state index in [0.29, 0.717) is 11.8 Å². The zero-order valence-electron chi connectivity index (χ0n) is 11.3. The number of nitrogens with one attached hydrogen (secondary N) is 1. The molecule has 2 unspecified atom stereocenters. The smallest absolute Gasteiger partial charge is 0.203 e. The summed E-state index contributed by atoms with van der Waals surface area (Å²) in [7, 11) is -0.772. The van der Waals surface area contributed by atoms with Crippen LogP contribution in [0.3, 0.4) is 0 Å². The Labute approximate surface area is 112 Å². The van der Waals surface area contributed by atoms with Gasteiger partial charge in [-0.25, -0.2) is 4.98 Å². The summed E-state index contributed by atoms with van der Waals surface area (Å²) in [6.07, 6.45) is 12.0. The van der Waals surface area contributed by atoms with Gasteiger partial charge >= 0.3 is 0 Å². The molecule has 2 rings (SSSR count). The molecule has 1 aliphatic rings. The molecule has 1 aliphatic carbocycles. The van der Waals surface area contributed by atoms with Crippen LogP contribution in [0.2, 0.25) is 0 Å². The number of hydrogen-bond donors (Lipinski definition) is 1. The van der Waals surface area contributed by atoms with Gasteiger partial charge in [-0.15, -0.1) is 0 Å². The molecule has 1 N–H and O–H groups in total. The van der Waals surface area contributed by atoms with Crippen LogP contribution in [0.15, 0.2) is 12.4 Å². The lowest BCUT2D eigenvalue weighted by Crippen LogP contribution is -2.25. The van der Waals surface area contributed by atoms with Crippen LogP contribution in [0.1, 0.15) is 45.1 Å². The molecule has 1 aromatic heterocycles. The van der Waals surface area contributed by atoms with Crippen molar-refractivity contribution in [2.75, 3.05) is 17.3 Å². The molecule has 102 valence electrons. The van der Waals surface area contributed by atoms with Gasteiger partial charge in [0.1, 0.15) is 0 Å². The molecule has 18 heavy (non-hydrogen) atoms. The summed E-state index contributed by atoms with van der Waals surface area (Å²) in [6, 6.07) is 0.781. The maximum atomic E-state index is 11.3. The molecule has 5 heteroatoms. The highest BCUT2D eigenvalue weighted by Crippen LogP contribution is 2.22. The van der Waals surface area contributed by atoms with Gasteiger partial charge in [0, 0.05) is 47.3 Å². The van der Waals surface area contributed by atoms with Gasteiger partial charge in [0.05, 0.1) is 0 Å². The normalized spacial score (nSPS) is 20.6. The van der Waals surface area contributed by atoms with Crippen molar-refractivity contribution < 1.29 is 4.21 Å². The second-order valence-corrected chi connectivity index (χ2v) is 6.71. The monoisotopic (exact) mass is 269 g/mol. The number of hydrogen-bond acceptors (Lipinski definition) is 3. The number of aromatic nitrogens is 2. The van der Waals surface area contributed by atoms with Gasteiger partial charge in [-0.05, 0) is 19.8 Å².